The number of carbonyl (C=O) groups excluding carboxylic acids is 1. The van der Waals surface area contributed by atoms with E-state index in [-0.39, 0.29) is 18.6 Å². The van der Waals surface area contributed by atoms with Crippen LogP contribution >= 0.6 is 0 Å². The first kappa shape index (κ1) is 15.1. The molecular weight excluding hydrogens is 264 g/mol. The monoisotopic (exact) mass is 284 g/mol. The van der Waals surface area contributed by atoms with Crippen molar-refractivity contribution in [3.05, 3.63) is 65.7 Å². The Morgan fingerprint density at radius 3 is 2.43 bits per heavy atom. The van der Waals surface area contributed by atoms with Gasteiger partial charge in [-0.25, -0.2) is 0 Å². The van der Waals surface area contributed by atoms with Crippen LogP contribution in [0.3, 0.4) is 0 Å². The molecule has 4 heteroatoms. The molecule has 2 aromatic carbocycles. The van der Waals surface area contributed by atoms with Crippen molar-refractivity contribution in [2.45, 2.75) is 19.5 Å². The average Bonchev–Trinajstić information content (AvgIpc) is 2.54. The molecule has 0 aliphatic rings. The van der Waals surface area contributed by atoms with Gasteiger partial charge in [0.05, 0.1) is 6.04 Å². The molecule has 2 rings (SSSR count). The van der Waals surface area contributed by atoms with Crippen LogP contribution < -0.4 is 15.8 Å². The fourth-order valence-corrected chi connectivity index (χ4v) is 1.97. The van der Waals surface area contributed by atoms with Gasteiger partial charge in [0.1, 0.15) is 5.75 Å². The van der Waals surface area contributed by atoms with Gasteiger partial charge in [0.15, 0.2) is 6.61 Å². The smallest absolute Gasteiger partial charge is 0.258 e. The summed E-state index contributed by atoms with van der Waals surface area (Å²) in [5, 5.41) is 2.91. The average molecular weight is 284 g/mol. The number of carbonyl (C=O) groups is 1. The third kappa shape index (κ3) is 4.61. The first-order valence-electron chi connectivity index (χ1n) is 6.95. The molecule has 0 saturated carbocycles. The molecule has 1 amide bonds. The minimum atomic E-state index is -0.144. The minimum Gasteiger partial charge on any atom is -0.484 e. The molecule has 3 N–H and O–H groups in total. The van der Waals surface area contributed by atoms with Crippen molar-refractivity contribution in [1.29, 1.82) is 0 Å². The molecule has 0 saturated heterocycles. The molecule has 1 atom stereocenters. The molecule has 0 bridgehead atoms. The van der Waals surface area contributed by atoms with Gasteiger partial charge in [0, 0.05) is 6.54 Å². The van der Waals surface area contributed by atoms with E-state index in [2.05, 4.69) is 5.32 Å². The van der Waals surface area contributed by atoms with Gasteiger partial charge >= 0.3 is 0 Å². The number of hydrogen-bond donors (Lipinski definition) is 2. The predicted octanol–water partition coefficient (Wildman–Crippen LogP) is 2.40. The summed E-state index contributed by atoms with van der Waals surface area (Å²) >= 11 is 0. The largest absolute Gasteiger partial charge is 0.484 e. The highest BCUT2D eigenvalue weighted by atomic mass is 16.5. The maximum atomic E-state index is 11.9. The van der Waals surface area contributed by atoms with Gasteiger partial charge < -0.3 is 15.8 Å². The molecule has 0 heterocycles. The summed E-state index contributed by atoms with van der Waals surface area (Å²) in [5.74, 6) is 0.543. The number of nitrogens with two attached hydrogens (primary N) is 1. The van der Waals surface area contributed by atoms with E-state index in [1.165, 1.54) is 0 Å². The number of benzene rings is 2. The van der Waals surface area contributed by atoms with Crippen molar-refractivity contribution >= 4 is 5.91 Å². The lowest BCUT2D eigenvalue weighted by Gasteiger charge is -2.15. The Balaban J connectivity index is 1.83. The molecule has 0 spiro atoms. The van der Waals surface area contributed by atoms with E-state index in [1.54, 1.807) is 0 Å². The molecule has 0 aliphatic heterocycles. The van der Waals surface area contributed by atoms with Crippen LogP contribution in [0.25, 0.3) is 0 Å². The second-order valence-corrected chi connectivity index (χ2v) is 4.84. The molecule has 0 fully saturated rings. The highest BCUT2D eigenvalue weighted by Gasteiger charge is 2.10. The standard InChI is InChI=1S/C17H20N2O2/c1-13(15-9-7-14(11-18)8-10-15)19-17(20)12-21-16-5-3-2-4-6-16/h2-10,13H,11-12,18H2,1H3,(H,19,20). The second kappa shape index (κ2) is 7.45. The lowest BCUT2D eigenvalue weighted by atomic mass is 10.1. The quantitative estimate of drug-likeness (QED) is 0.856. The maximum absolute atomic E-state index is 11.9. The number of hydrogen-bond acceptors (Lipinski definition) is 3. The van der Waals surface area contributed by atoms with Gasteiger partial charge in [-0.2, -0.15) is 0 Å². The van der Waals surface area contributed by atoms with Gasteiger partial charge in [-0.1, -0.05) is 42.5 Å². The Bertz CT molecular complexity index is 567. The zero-order valence-corrected chi connectivity index (χ0v) is 12.1. The van der Waals surface area contributed by atoms with E-state index in [4.69, 9.17) is 10.5 Å². The number of nitrogens with one attached hydrogen (secondary N) is 1. The Morgan fingerprint density at radius 2 is 1.81 bits per heavy atom. The molecule has 21 heavy (non-hydrogen) atoms. The van der Waals surface area contributed by atoms with Crippen molar-refractivity contribution in [1.82, 2.24) is 5.32 Å². The summed E-state index contributed by atoms with van der Waals surface area (Å²) in [5.41, 5.74) is 7.68. The second-order valence-electron chi connectivity index (χ2n) is 4.84. The van der Waals surface area contributed by atoms with E-state index < -0.39 is 0 Å². The van der Waals surface area contributed by atoms with Gasteiger partial charge in [-0.05, 0) is 30.2 Å². The van der Waals surface area contributed by atoms with Crippen LogP contribution in [0.15, 0.2) is 54.6 Å². The summed E-state index contributed by atoms with van der Waals surface area (Å²) < 4.78 is 5.41. The summed E-state index contributed by atoms with van der Waals surface area (Å²) in [6.45, 7) is 2.47. The minimum absolute atomic E-state index is 0.00916. The molecule has 0 aromatic heterocycles. The van der Waals surface area contributed by atoms with E-state index in [0.29, 0.717) is 12.3 Å². The first-order chi connectivity index (χ1) is 10.2. The topological polar surface area (TPSA) is 64.3 Å². The molecular formula is C17H20N2O2. The van der Waals surface area contributed by atoms with Crippen molar-refractivity contribution in [3.63, 3.8) is 0 Å². The lowest BCUT2D eigenvalue weighted by Crippen LogP contribution is -2.31. The Hall–Kier alpha value is -2.33. The molecule has 110 valence electrons. The van der Waals surface area contributed by atoms with Gasteiger partial charge in [-0.3, -0.25) is 4.79 Å². The summed E-state index contributed by atoms with van der Waals surface area (Å²) in [4.78, 5) is 11.9. The SMILES string of the molecule is CC(NC(=O)COc1ccccc1)c1ccc(CN)cc1. The summed E-state index contributed by atoms with van der Waals surface area (Å²) in [7, 11) is 0. The zero-order chi connectivity index (χ0) is 15.1. The highest BCUT2D eigenvalue weighted by Crippen LogP contribution is 2.13. The Kier molecular flexibility index (Phi) is 5.35. The summed E-state index contributed by atoms with van der Waals surface area (Å²) in [6.07, 6.45) is 0. The normalized spacial score (nSPS) is 11.7. The van der Waals surface area contributed by atoms with Crippen molar-refractivity contribution in [2.24, 2.45) is 5.73 Å². The van der Waals surface area contributed by atoms with E-state index in [9.17, 15) is 4.79 Å². The van der Waals surface area contributed by atoms with E-state index in [0.717, 1.165) is 11.1 Å². The number of para-hydroxylation sites is 1. The molecule has 4 nitrogen and oxygen atoms in total. The van der Waals surface area contributed by atoms with Crippen LogP contribution in [0.5, 0.6) is 5.75 Å². The molecule has 2 aromatic rings. The van der Waals surface area contributed by atoms with Crippen LogP contribution in [-0.2, 0) is 11.3 Å². The van der Waals surface area contributed by atoms with Gasteiger partial charge in [-0.15, -0.1) is 0 Å². The van der Waals surface area contributed by atoms with Crippen LogP contribution in [0.1, 0.15) is 24.1 Å². The van der Waals surface area contributed by atoms with Gasteiger partial charge in [0.25, 0.3) is 5.91 Å². The van der Waals surface area contributed by atoms with Crippen LogP contribution in [0.2, 0.25) is 0 Å². The number of amides is 1. The fraction of sp³-hybridized carbons (Fsp3) is 0.235. The predicted molar refractivity (Wildman–Crippen MR) is 82.8 cm³/mol. The first-order valence-corrected chi connectivity index (χ1v) is 6.95. The zero-order valence-electron chi connectivity index (χ0n) is 12.1. The Morgan fingerprint density at radius 1 is 1.14 bits per heavy atom. The van der Waals surface area contributed by atoms with E-state index >= 15 is 0 Å². The van der Waals surface area contributed by atoms with Crippen molar-refractivity contribution in [2.75, 3.05) is 6.61 Å². The highest BCUT2D eigenvalue weighted by molar-refractivity contribution is 5.78. The number of ether oxygens (including phenoxy) is 1. The third-order valence-electron chi connectivity index (χ3n) is 3.21. The van der Waals surface area contributed by atoms with Crippen LogP contribution in [0.4, 0.5) is 0 Å². The molecule has 1 unspecified atom stereocenters. The lowest BCUT2D eigenvalue weighted by molar-refractivity contribution is -0.123. The van der Waals surface area contributed by atoms with Crippen LogP contribution in [0, 0.1) is 0 Å². The Labute approximate surface area is 124 Å². The third-order valence-corrected chi connectivity index (χ3v) is 3.21. The summed E-state index contributed by atoms with van der Waals surface area (Å²) in [6, 6.07) is 17.1. The molecule has 0 aliphatic carbocycles. The molecule has 0 radical (unpaired) electrons. The van der Waals surface area contributed by atoms with Crippen molar-refractivity contribution < 1.29 is 9.53 Å². The van der Waals surface area contributed by atoms with Crippen molar-refractivity contribution in [3.8, 4) is 5.75 Å². The van der Waals surface area contributed by atoms with Gasteiger partial charge in [0.2, 0.25) is 0 Å². The number of rotatable bonds is 6. The maximum Gasteiger partial charge on any atom is 0.258 e. The van der Waals surface area contributed by atoms with Crippen LogP contribution in [-0.4, -0.2) is 12.5 Å². The van der Waals surface area contributed by atoms with E-state index in [1.807, 2.05) is 61.5 Å². The fourth-order valence-electron chi connectivity index (χ4n) is 1.97.